The van der Waals surface area contributed by atoms with Crippen LogP contribution in [0, 0.1) is 0 Å². The number of unbranched alkanes of at least 4 members (excludes halogenated alkanes) is 1. The largest absolute Gasteiger partial charge is 0.493 e. The van der Waals surface area contributed by atoms with E-state index in [4.69, 9.17) is 21.1 Å². The molecular formula is C15H22ClNO3. The van der Waals surface area contributed by atoms with Gasteiger partial charge in [-0.05, 0) is 30.5 Å². The summed E-state index contributed by atoms with van der Waals surface area (Å²) in [5, 5.41) is 2.73. The average molecular weight is 300 g/mol. The standard InChI is InChI=1S/C15H22ClNO3/c1-3-4-9-20-13-6-5-12(10-14(13)19-2)7-8-17-15(18)11-16/h5-6,10H,3-4,7-9,11H2,1-2H3,(H,17,18). The number of carbonyl (C=O) groups excluding carboxylic acids is 1. The van der Waals surface area contributed by atoms with Gasteiger partial charge in [0, 0.05) is 6.54 Å². The Labute approximate surface area is 125 Å². The van der Waals surface area contributed by atoms with Gasteiger partial charge in [-0.3, -0.25) is 4.79 Å². The quantitative estimate of drug-likeness (QED) is 0.563. The first-order chi connectivity index (χ1) is 9.71. The Bertz CT molecular complexity index is 424. The summed E-state index contributed by atoms with van der Waals surface area (Å²) in [7, 11) is 1.63. The van der Waals surface area contributed by atoms with Gasteiger partial charge in [0.05, 0.1) is 13.7 Å². The van der Waals surface area contributed by atoms with Crippen molar-refractivity contribution < 1.29 is 14.3 Å². The molecule has 0 saturated carbocycles. The van der Waals surface area contributed by atoms with Crippen molar-refractivity contribution >= 4 is 17.5 Å². The predicted molar refractivity (Wildman–Crippen MR) is 80.8 cm³/mol. The van der Waals surface area contributed by atoms with E-state index >= 15 is 0 Å². The topological polar surface area (TPSA) is 47.6 Å². The summed E-state index contributed by atoms with van der Waals surface area (Å²) in [6.45, 7) is 3.38. The van der Waals surface area contributed by atoms with Gasteiger partial charge in [-0.1, -0.05) is 19.4 Å². The zero-order valence-corrected chi connectivity index (χ0v) is 12.8. The van der Waals surface area contributed by atoms with E-state index in [1.54, 1.807) is 7.11 Å². The normalized spacial score (nSPS) is 10.2. The highest BCUT2D eigenvalue weighted by atomic mass is 35.5. The van der Waals surface area contributed by atoms with Crippen molar-refractivity contribution in [2.75, 3.05) is 26.1 Å². The van der Waals surface area contributed by atoms with E-state index in [0.717, 1.165) is 36.3 Å². The number of carbonyl (C=O) groups is 1. The molecule has 0 bridgehead atoms. The number of alkyl halides is 1. The molecule has 1 aromatic carbocycles. The SMILES string of the molecule is CCCCOc1ccc(CCNC(=O)CCl)cc1OC. The second-order valence-electron chi connectivity index (χ2n) is 4.42. The number of hydrogen-bond donors (Lipinski definition) is 1. The summed E-state index contributed by atoms with van der Waals surface area (Å²) >= 11 is 5.41. The molecule has 0 aromatic heterocycles. The highest BCUT2D eigenvalue weighted by molar-refractivity contribution is 6.27. The molecule has 1 aromatic rings. The van der Waals surface area contributed by atoms with Gasteiger partial charge >= 0.3 is 0 Å². The minimum atomic E-state index is -0.154. The summed E-state index contributed by atoms with van der Waals surface area (Å²) in [6.07, 6.45) is 2.85. The molecule has 0 heterocycles. The number of rotatable bonds is 9. The van der Waals surface area contributed by atoms with E-state index in [0.29, 0.717) is 13.2 Å². The molecule has 0 atom stereocenters. The van der Waals surface area contributed by atoms with Crippen LogP contribution >= 0.6 is 11.6 Å². The van der Waals surface area contributed by atoms with E-state index in [1.165, 1.54) is 0 Å². The Morgan fingerprint density at radius 3 is 2.80 bits per heavy atom. The van der Waals surface area contributed by atoms with Crippen LogP contribution in [0.15, 0.2) is 18.2 Å². The molecule has 0 unspecified atom stereocenters. The first kappa shape index (κ1) is 16.6. The fourth-order valence-electron chi connectivity index (χ4n) is 1.71. The summed E-state index contributed by atoms with van der Waals surface area (Å²) in [5.41, 5.74) is 1.08. The zero-order chi connectivity index (χ0) is 14.8. The molecule has 0 saturated heterocycles. The third-order valence-electron chi connectivity index (χ3n) is 2.84. The molecule has 0 radical (unpaired) electrons. The number of nitrogens with one attached hydrogen (secondary N) is 1. The van der Waals surface area contributed by atoms with Crippen LogP contribution in [-0.4, -0.2) is 32.0 Å². The van der Waals surface area contributed by atoms with Gasteiger partial charge in [-0.15, -0.1) is 11.6 Å². The van der Waals surface area contributed by atoms with Crippen molar-refractivity contribution in [1.29, 1.82) is 0 Å². The molecule has 20 heavy (non-hydrogen) atoms. The molecule has 4 nitrogen and oxygen atoms in total. The zero-order valence-electron chi connectivity index (χ0n) is 12.1. The van der Waals surface area contributed by atoms with Crippen LogP contribution in [0.5, 0.6) is 11.5 Å². The van der Waals surface area contributed by atoms with E-state index in [-0.39, 0.29) is 11.8 Å². The maximum absolute atomic E-state index is 11.0. The van der Waals surface area contributed by atoms with Crippen molar-refractivity contribution in [2.24, 2.45) is 0 Å². The van der Waals surface area contributed by atoms with Crippen LogP contribution in [0.2, 0.25) is 0 Å². The molecule has 0 aliphatic rings. The van der Waals surface area contributed by atoms with Crippen LogP contribution in [0.1, 0.15) is 25.3 Å². The van der Waals surface area contributed by atoms with Crippen molar-refractivity contribution in [2.45, 2.75) is 26.2 Å². The van der Waals surface area contributed by atoms with Gasteiger partial charge in [0.15, 0.2) is 11.5 Å². The van der Waals surface area contributed by atoms with E-state index in [2.05, 4.69) is 12.2 Å². The molecule has 112 valence electrons. The lowest BCUT2D eigenvalue weighted by atomic mass is 10.1. The van der Waals surface area contributed by atoms with Gasteiger partial charge in [0.25, 0.3) is 0 Å². The van der Waals surface area contributed by atoms with Crippen LogP contribution in [0.4, 0.5) is 0 Å². The number of methoxy groups -OCH3 is 1. The van der Waals surface area contributed by atoms with Gasteiger partial charge in [0.1, 0.15) is 5.88 Å². The molecular weight excluding hydrogens is 278 g/mol. The number of hydrogen-bond acceptors (Lipinski definition) is 3. The first-order valence-electron chi connectivity index (χ1n) is 6.83. The molecule has 0 spiro atoms. The minimum Gasteiger partial charge on any atom is -0.493 e. The Balaban J connectivity index is 2.55. The first-order valence-corrected chi connectivity index (χ1v) is 7.37. The predicted octanol–water partition coefficient (Wildman–Crippen LogP) is 2.77. The van der Waals surface area contributed by atoms with E-state index in [9.17, 15) is 4.79 Å². The highest BCUT2D eigenvalue weighted by Crippen LogP contribution is 2.28. The molecule has 0 fully saturated rings. The van der Waals surface area contributed by atoms with Gasteiger partial charge in [-0.25, -0.2) is 0 Å². The lowest BCUT2D eigenvalue weighted by Crippen LogP contribution is -2.26. The number of halogens is 1. The van der Waals surface area contributed by atoms with Crippen molar-refractivity contribution in [3.63, 3.8) is 0 Å². The minimum absolute atomic E-state index is 0.00642. The molecule has 1 rings (SSSR count). The van der Waals surface area contributed by atoms with Crippen molar-refractivity contribution in [3.8, 4) is 11.5 Å². The Morgan fingerprint density at radius 2 is 2.15 bits per heavy atom. The van der Waals surface area contributed by atoms with Gasteiger partial charge in [-0.2, -0.15) is 0 Å². The summed E-state index contributed by atoms with van der Waals surface area (Å²) < 4.78 is 11.0. The maximum Gasteiger partial charge on any atom is 0.234 e. The lowest BCUT2D eigenvalue weighted by molar-refractivity contribution is -0.118. The second kappa shape index (κ2) is 9.48. The van der Waals surface area contributed by atoms with Gasteiger partial charge in [0.2, 0.25) is 5.91 Å². The second-order valence-corrected chi connectivity index (χ2v) is 4.69. The third-order valence-corrected chi connectivity index (χ3v) is 3.08. The number of amides is 1. The number of benzene rings is 1. The summed E-state index contributed by atoms with van der Waals surface area (Å²) in [6, 6.07) is 5.83. The Morgan fingerprint density at radius 1 is 1.35 bits per heavy atom. The van der Waals surface area contributed by atoms with Crippen LogP contribution in [0.3, 0.4) is 0 Å². The molecule has 0 aliphatic carbocycles. The van der Waals surface area contributed by atoms with Crippen LogP contribution < -0.4 is 14.8 Å². The smallest absolute Gasteiger partial charge is 0.234 e. The molecule has 5 heteroatoms. The van der Waals surface area contributed by atoms with E-state index in [1.807, 2.05) is 18.2 Å². The van der Waals surface area contributed by atoms with Crippen molar-refractivity contribution in [1.82, 2.24) is 5.32 Å². The monoisotopic (exact) mass is 299 g/mol. The summed E-state index contributed by atoms with van der Waals surface area (Å²) in [4.78, 5) is 11.0. The Hall–Kier alpha value is -1.42. The van der Waals surface area contributed by atoms with Gasteiger partial charge < -0.3 is 14.8 Å². The Kier molecular flexibility index (Phi) is 7.88. The van der Waals surface area contributed by atoms with Crippen molar-refractivity contribution in [3.05, 3.63) is 23.8 Å². The molecule has 1 amide bonds. The molecule has 0 aliphatic heterocycles. The summed E-state index contributed by atoms with van der Waals surface area (Å²) in [5.74, 6) is 1.32. The van der Waals surface area contributed by atoms with E-state index < -0.39 is 0 Å². The average Bonchev–Trinajstić information content (AvgIpc) is 2.48. The highest BCUT2D eigenvalue weighted by Gasteiger charge is 2.06. The fraction of sp³-hybridized carbons (Fsp3) is 0.533. The fourth-order valence-corrected chi connectivity index (χ4v) is 1.80. The van der Waals surface area contributed by atoms with Crippen LogP contribution in [0.25, 0.3) is 0 Å². The third kappa shape index (κ3) is 5.70. The van der Waals surface area contributed by atoms with Crippen LogP contribution in [-0.2, 0) is 11.2 Å². The maximum atomic E-state index is 11.0. The molecule has 1 N–H and O–H groups in total. The number of ether oxygens (including phenoxy) is 2. The lowest BCUT2D eigenvalue weighted by Gasteiger charge is -2.12.